The Bertz CT molecular complexity index is 561. The third-order valence-electron chi connectivity index (χ3n) is 2.39. The molecular weight excluding hydrogens is 252 g/mol. The maximum absolute atomic E-state index is 11.8. The van der Waals surface area contributed by atoms with Gasteiger partial charge in [-0.25, -0.2) is 9.78 Å². The van der Waals surface area contributed by atoms with E-state index >= 15 is 0 Å². The summed E-state index contributed by atoms with van der Waals surface area (Å²) in [5, 5.41) is 7.17. The second-order valence-corrected chi connectivity index (χ2v) is 4.57. The van der Waals surface area contributed by atoms with Crippen LogP contribution in [0.5, 0.6) is 0 Å². The predicted molar refractivity (Wildman–Crippen MR) is 69.4 cm³/mol. The maximum atomic E-state index is 11.8. The number of ether oxygens (including phenoxy) is 1. The van der Waals surface area contributed by atoms with Crippen molar-refractivity contribution >= 4 is 23.1 Å². The van der Waals surface area contributed by atoms with Crippen LogP contribution in [0.25, 0.3) is 10.6 Å². The molecule has 0 radical (unpaired) electrons. The highest BCUT2D eigenvalue weighted by Gasteiger charge is 2.20. The van der Waals surface area contributed by atoms with E-state index in [1.54, 1.807) is 13.1 Å². The molecule has 2 aromatic rings. The lowest BCUT2D eigenvalue weighted by Crippen LogP contribution is -2.05. The first-order valence-electron chi connectivity index (χ1n) is 5.63. The number of nitrogens with two attached hydrogens (primary N) is 1. The van der Waals surface area contributed by atoms with Crippen LogP contribution in [0.2, 0.25) is 0 Å². The van der Waals surface area contributed by atoms with Crippen LogP contribution < -0.4 is 5.73 Å². The van der Waals surface area contributed by atoms with Crippen molar-refractivity contribution in [3.05, 3.63) is 16.8 Å². The van der Waals surface area contributed by atoms with E-state index in [0.717, 1.165) is 5.69 Å². The number of aryl methyl sites for hydroxylation is 1. The molecule has 96 valence electrons. The van der Waals surface area contributed by atoms with Gasteiger partial charge in [-0.2, -0.15) is 5.10 Å². The molecule has 0 saturated heterocycles. The Morgan fingerprint density at radius 3 is 2.89 bits per heavy atom. The lowest BCUT2D eigenvalue weighted by atomic mass is 10.3. The number of nitrogens with zero attached hydrogens (tertiary/aromatic N) is 2. The van der Waals surface area contributed by atoms with Crippen molar-refractivity contribution in [2.75, 3.05) is 12.3 Å². The second kappa shape index (κ2) is 5.18. The fraction of sp³-hybridized carbons (Fsp3) is 0.364. The van der Waals surface area contributed by atoms with Gasteiger partial charge in [-0.3, -0.25) is 5.10 Å². The average Bonchev–Trinajstić information content (AvgIpc) is 2.94. The summed E-state index contributed by atoms with van der Waals surface area (Å²) in [7, 11) is 0. The van der Waals surface area contributed by atoms with E-state index in [9.17, 15) is 4.79 Å². The molecule has 0 unspecified atom stereocenters. The minimum atomic E-state index is -0.333. The Labute approximate surface area is 108 Å². The smallest absolute Gasteiger partial charge is 0.350 e. The van der Waals surface area contributed by atoms with Gasteiger partial charge >= 0.3 is 5.97 Å². The summed E-state index contributed by atoms with van der Waals surface area (Å²) < 4.78 is 5.01. The molecule has 0 saturated carbocycles. The average molecular weight is 266 g/mol. The second-order valence-electron chi connectivity index (χ2n) is 3.57. The number of aromatic nitrogens is 3. The first-order chi connectivity index (χ1) is 8.67. The van der Waals surface area contributed by atoms with E-state index in [2.05, 4.69) is 15.2 Å². The van der Waals surface area contributed by atoms with Crippen molar-refractivity contribution in [1.29, 1.82) is 0 Å². The van der Waals surface area contributed by atoms with Crippen LogP contribution in [0.3, 0.4) is 0 Å². The van der Waals surface area contributed by atoms with Gasteiger partial charge in [-0.15, -0.1) is 11.3 Å². The van der Waals surface area contributed by atoms with Gasteiger partial charge in [0.25, 0.3) is 0 Å². The van der Waals surface area contributed by atoms with E-state index in [0.29, 0.717) is 34.3 Å². The number of nitrogens with one attached hydrogen (secondary N) is 1. The summed E-state index contributed by atoms with van der Waals surface area (Å²) in [6.07, 6.45) is 2.27. The number of aromatic amines is 1. The van der Waals surface area contributed by atoms with E-state index in [-0.39, 0.29) is 5.97 Å². The normalized spacial score (nSPS) is 10.6. The molecule has 2 heterocycles. The van der Waals surface area contributed by atoms with Crippen LogP contribution in [-0.4, -0.2) is 27.8 Å². The van der Waals surface area contributed by atoms with Gasteiger partial charge in [-0.05, 0) is 13.3 Å². The van der Waals surface area contributed by atoms with Crippen LogP contribution in [0.15, 0.2) is 6.20 Å². The number of carbonyl (C=O) groups is 1. The standard InChI is InChI=1S/C11H14N4O2S/c1-3-7-8(11(16)17-4-2)18-10(14-7)6-5-13-15-9(6)12/h5H,3-4H2,1-2H3,(H3,12,13,15). The van der Waals surface area contributed by atoms with Gasteiger partial charge in [0.1, 0.15) is 15.7 Å². The van der Waals surface area contributed by atoms with Crippen molar-refractivity contribution in [3.8, 4) is 10.6 Å². The SMILES string of the molecule is CCOC(=O)c1sc(-c2cn[nH]c2N)nc1CC. The molecule has 0 bridgehead atoms. The predicted octanol–water partition coefficient (Wildman–Crippen LogP) is 1.85. The number of nitrogen functional groups attached to an aromatic ring is 1. The minimum Gasteiger partial charge on any atom is -0.462 e. The molecule has 0 amide bonds. The highest BCUT2D eigenvalue weighted by atomic mass is 32.1. The fourth-order valence-electron chi connectivity index (χ4n) is 1.53. The Kier molecular flexibility index (Phi) is 3.61. The van der Waals surface area contributed by atoms with E-state index in [4.69, 9.17) is 10.5 Å². The van der Waals surface area contributed by atoms with Crippen LogP contribution in [0, 0.1) is 0 Å². The maximum Gasteiger partial charge on any atom is 0.350 e. The molecule has 0 aliphatic rings. The lowest BCUT2D eigenvalue weighted by molar-refractivity contribution is 0.0530. The monoisotopic (exact) mass is 266 g/mol. The van der Waals surface area contributed by atoms with Crippen molar-refractivity contribution in [2.24, 2.45) is 0 Å². The van der Waals surface area contributed by atoms with E-state index in [1.165, 1.54) is 11.3 Å². The third kappa shape index (κ3) is 2.21. The van der Waals surface area contributed by atoms with Crippen LogP contribution >= 0.6 is 11.3 Å². The molecule has 2 rings (SSSR count). The van der Waals surface area contributed by atoms with Crippen LogP contribution in [-0.2, 0) is 11.2 Å². The van der Waals surface area contributed by atoms with Crippen molar-refractivity contribution in [2.45, 2.75) is 20.3 Å². The number of rotatable bonds is 4. The number of hydrogen-bond donors (Lipinski definition) is 2. The Morgan fingerprint density at radius 2 is 2.33 bits per heavy atom. The number of esters is 1. The van der Waals surface area contributed by atoms with Crippen LogP contribution in [0.4, 0.5) is 5.82 Å². The fourth-order valence-corrected chi connectivity index (χ4v) is 2.60. The van der Waals surface area contributed by atoms with E-state index in [1.807, 2.05) is 6.92 Å². The van der Waals surface area contributed by atoms with Crippen molar-refractivity contribution < 1.29 is 9.53 Å². The molecule has 0 aliphatic heterocycles. The van der Waals surface area contributed by atoms with Gasteiger partial charge in [0.15, 0.2) is 0 Å². The zero-order valence-corrected chi connectivity index (χ0v) is 11.0. The van der Waals surface area contributed by atoms with Gasteiger partial charge in [-0.1, -0.05) is 6.92 Å². The molecule has 2 aromatic heterocycles. The van der Waals surface area contributed by atoms with Gasteiger partial charge < -0.3 is 10.5 Å². The third-order valence-corrected chi connectivity index (χ3v) is 3.50. The van der Waals surface area contributed by atoms with Crippen molar-refractivity contribution in [1.82, 2.24) is 15.2 Å². The molecule has 0 aliphatic carbocycles. The molecule has 0 fully saturated rings. The number of carbonyl (C=O) groups excluding carboxylic acids is 1. The summed E-state index contributed by atoms with van der Waals surface area (Å²) in [6, 6.07) is 0. The van der Waals surface area contributed by atoms with E-state index < -0.39 is 0 Å². The summed E-state index contributed by atoms with van der Waals surface area (Å²) in [4.78, 5) is 16.7. The molecule has 0 atom stereocenters. The van der Waals surface area contributed by atoms with Crippen LogP contribution in [0.1, 0.15) is 29.2 Å². The quantitative estimate of drug-likeness (QED) is 0.824. The zero-order chi connectivity index (χ0) is 13.1. The van der Waals surface area contributed by atoms with Gasteiger partial charge in [0.2, 0.25) is 0 Å². The Balaban J connectivity index is 2.41. The molecular formula is C11H14N4O2S. The number of hydrogen-bond acceptors (Lipinski definition) is 6. The molecule has 0 spiro atoms. The summed E-state index contributed by atoms with van der Waals surface area (Å²) in [6.45, 7) is 4.07. The molecule has 0 aromatic carbocycles. The largest absolute Gasteiger partial charge is 0.462 e. The van der Waals surface area contributed by atoms with Crippen molar-refractivity contribution in [3.63, 3.8) is 0 Å². The topological polar surface area (TPSA) is 93.9 Å². The highest BCUT2D eigenvalue weighted by Crippen LogP contribution is 2.31. The number of thiazole rings is 1. The minimum absolute atomic E-state index is 0.333. The molecule has 3 N–H and O–H groups in total. The molecule has 6 nitrogen and oxygen atoms in total. The number of H-pyrrole nitrogens is 1. The first kappa shape index (κ1) is 12.6. The zero-order valence-electron chi connectivity index (χ0n) is 10.2. The highest BCUT2D eigenvalue weighted by molar-refractivity contribution is 7.17. The summed E-state index contributed by atoms with van der Waals surface area (Å²) in [5.41, 5.74) is 7.18. The molecule has 18 heavy (non-hydrogen) atoms. The number of anilines is 1. The van der Waals surface area contributed by atoms with Gasteiger partial charge in [0.05, 0.1) is 24.1 Å². The summed E-state index contributed by atoms with van der Waals surface area (Å²) in [5.74, 6) is 0.113. The summed E-state index contributed by atoms with van der Waals surface area (Å²) >= 11 is 1.28. The molecule has 7 heteroatoms. The lowest BCUT2D eigenvalue weighted by Gasteiger charge is -1.99. The first-order valence-corrected chi connectivity index (χ1v) is 6.45. The van der Waals surface area contributed by atoms with Gasteiger partial charge in [0, 0.05) is 0 Å². The Morgan fingerprint density at radius 1 is 1.56 bits per heavy atom. The Hall–Kier alpha value is -1.89.